The summed E-state index contributed by atoms with van der Waals surface area (Å²) in [6.07, 6.45) is 1.79. The smallest absolute Gasteiger partial charge is 0.0663 e. The van der Waals surface area contributed by atoms with Crippen molar-refractivity contribution < 1.29 is 4.74 Å². The van der Waals surface area contributed by atoms with Gasteiger partial charge in [-0.15, -0.1) is 11.6 Å². The molecule has 0 saturated carbocycles. The number of aryl methyl sites for hydroxylation is 1. The number of rotatable bonds is 5. The Hall–Kier alpha value is -0.540. The predicted octanol–water partition coefficient (Wildman–Crippen LogP) is 1.45. The Morgan fingerprint density at radius 2 is 2.42 bits per heavy atom. The highest BCUT2D eigenvalue weighted by Crippen LogP contribution is 1.95. The van der Waals surface area contributed by atoms with Gasteiger partial charge in [-0.05, 0) is 13.0 Å². The molecule has 0 amide bonds. The molecular formula is C8H13ClN2O. The van der Waals surface area contributed by atoms with Gasteiger partial charge in [-0.1, -0.05) is 0 Å². The van der Waals surface area contributed by atoms with Crippen molar-refractivity contribution in [3.05, 3.63) is 18.0 Å². The van der Waals surface area contributed by atoms with Gasteiger partial charge in [0.15, 0.2) is 0 Å². The minimum absolute atomic E-state index is 0.554. The molecule has 0 aliphatic carbocycles. The molecule has 0 spiro atoms. The first-order valence-corrected chi connectivity index (χ1v) is 4.50. The molecule has 1 aromatic heterocycles. The summed E-state index contributed by atoms with van der Waals surface area (Å²) in [5, 5.41) is 4.12. The quantitative estimate of drug-likeness (QED) is 0.517. The summed E-state index contributed by atoms with van der Waals surface area (Å²) < 4.78 is 7.13. The first-order chi connectivity index (χ1) is 5.84. The second kappa shape index (κ2) is 5.17. The molecule has 0 aromatic carbocycles. The fraction of sp³-hybridized carbons (Fsp3) is 0.625. The molecule has 0 radical (unpaired) electrons. The number of hydrogen-bond donors (Lipinski definition) is 0. The van der Waals surface area contributed by atoms with Crippen molar-refractivity contribution in [3.63, 3.8) is 0 Å². The molecule has 0 N–H and O–H groups in total. The van der Waals surface area contributed by atoms with E-state index in [4.69, 9.17) is 16.3 Å². The van der Waals surface area contributed by atoms with E-state index in [0.29, 0.717) is 19.1 Å². The summed E-state index contributed by atoms with van der Waals surface area (Å²) in [4.78, 5) is 0. The van der Waals surface area contributed by atoms with Gasteiger partial charge < -0.3 is 4.74 Å². The largest absolute Gasteiger partial charge is 0.378 e. The molecule has 12 heavy (non-hydrogen) atoms. The zero-order chi connectivity index (χ0) is 8.81. The summed E-state index contributed by atoms with van der Waals surface area (Å²) in [7, 11) is 0. The van der Waals surface area contributed by atoms with E-state index in [1.165, 1.54) is 0 Å². The number of ether oxygens (including phenoxy) is 1. The summed E-state index contributed by atoms with van der Waals surface area (Å²) in [6.45, 7) is 4.11. The molecule has 4 heteroatoms. The molecule has 1 heterocycles. The molecule has 0 fully saturated rings. The second-order valence-electron chi connectivity index (χ2n) is 2.50. The van der Waals surface area contributed by atoms with E-state index in [2.05, 4.69) is 5.10 Å². The zero-order valence-electron chi connectivity index (χ0n) is 7.16. The lowest BCUT2D eigenvalue weighted by molar-refractivity contribution is 0.137. The third-order valence-electron chi connectivity index (χ3n) is 1.60. The molecule has 0 atom stereocenters. The van der Waals surface area contributed by atoms with Gasteiger partial charge in [-0.2, -0.15) is 5.10 Å². The highest BCUT2D eigenvalue weighted by molar-refractivity contribution is 6.17. The van der Waals surface area contributed by atoms with E-state index in [9.17, 15) is 0 Å². The van der Waals surface area contributed by atoms with Gasteiger partial charge in [0.25, 0.3) is 0 Å². The number of nitrogens with zero attached hydrogens (tertiary/aromatic N) is 2. The van der Waals surface area contributed by atoms with E-state index in [1.54, 1.807) is 6.20 Å². The van der Waals surface area contributed by atoms with Crippen LogP contribution in [-0.2, 0) is 11.3 Å². The molecule has 1 aromatic rings. The van der Waals surface area contributed by atoms with E-state index >= 15 is 0 Å². The minimum Gasteiger partial charge on any atom is -0.378 e. The summed E-state index contributed by atoms with van der Waals surface area (Å²) in [6, 6.07) is 1.97. The van der Waals surface area contributed by atoms with Crippen LogP contribution >= 0.6 is 11.6 Å². The summed E-state index contributed by atoms with van der Waals surface area (Å²) in [5.41, 5.74) is 1.16. The topological polar surface area (TPSA) is 27.1 Å². The molecule has 0 saturated heterocycles. The van der Waals surface area contributed by atoms with Crippen LogP contribution in [0.4, 0.5) is 0 Å². The maximum atomic E-state index is 5.45. The highest BCUT2D eigenvalue weighted by atomic mass is 35.5. The predicted molar refractivity (Wildman–Crippen MR) is 48.5 cm³/mol. The first kappa shape index (κ1) is 9.55. The zero-order valence-corrected chi connectivity index (χ0v) is 7.92. The Kier molecular flexibility index (Phi) is 4.11. The van der Waals surface area contributed by atoms with Gasteiger partial charge in [0, 0.05) is 17.8 Å². The van der Waals surface area contributed by atoms with E-state index in [0.717, 1.165) is 12.2 Å². The number of halogens is 1. The molecule has 3 nitrogen and oxygen atoms in total. The van der Waals surface area contributed by atoms with Crippen LogP contribution < -0.4 is 0 Å². The summed E-state index contributed by atoms with van der Waals surface area (Å²) in [5.74, 6) is 0.554. The van der Waals surface area contributed by atoms with Crippen molar-refractivity contribution in [1.29, 1.82) is 0 Å². The van der Waals surface area contributed by atoms with Gasteiger partial charge >= 0.3 is 0 Å². The fourth-order valence-corrected chi connectivity index (χ4v) is 1.05. The lowest BCUT2D eigenvalue weighted by Crippen LogP contribution is -2.09. The van der Waals surface area contributed by atoms with Crippen LogP contribution in [0.15, 0.2) is 12.3 Å². The average Bonchev–Trinajstić information content (AvgIpc) is 2.46. The molecule has 68 valence electrons. The maximum Gasteiger partial charge on any atom is 0.0663 e. The molecule has 0 aliphatic rings. The number of aromatic nitrogens is 2. The lowest BCUT2D eigenvalue weighted by atomic mass is 10.5. The van der Waals surface area contributed by atoms with E-state index in [1.807, 2.05) is 17.7 Å². The Balaban J connectivity index is 2.20. The standard InChI is InChI=1S/C8H13ClN2O/c1-8-2-4-10-11(8)5-7-12-6-3-9/h2,4H,3,5-7H2,1H3. The van der Waals surface area contributed by atoms with Gasteiger partial charge in [-0.3, -0.25) is 4.68 Å². The Bertz CT molecular complexity index is 225. The number of hydrogen-bond acceptors (Lipinski definition) is 2. The normalized spacial score (nSPS) is 10.5. The van der Waals surface area contributed by atoms with Crippen molar-refractivity contribution in [2.45, 2.75) is 13.5 Å². The van der Waals surface area contributed by atoms with Crippen LogP contribution in [0.25, 0.3) is 0 Å². The SMILES string of the molecule is Cc1ccnn1CCOCCCl. The highest BCUT2D eigenvalue weighted by Gasteiger charge is 1.95. The first-order valence-electron chi connectivity index (χ1n) is 3.96. The van der Waals surface area contributed by atoms with Gasteiger partial charge in [0.1, 0.15) is 0 Å². The van der Waals surface area contributed by atoms with Crippen LogP contribution in [0.1, 0.15) is 5.69 Å². The molecule has 0 aliphatic heterocycles. The van der Waals surface area contributed by atoms with Gasteiger partial charge in [-0.25, -0.2) is 0 Å². The van der Waals surface area contributed by atoms with Crippen molar-refractivity contribution in [3.8, 4) is 0 Å². The van der Waals surface area contributed by atoms with Gasteiger partial charge in [0.05, 0.1) is 19.8 Å². The Morgan fingerprint density at radius 3 is 3.00 bits per heavy atom. The minimum atomic E-state index is 0.554. The van der Waals surface area contributed by atoms with E-state index in [-0.39, 0.29) is 0 Å². The van der Waals surface area contributed by atoms with Crippen molar-refractivity contribution in [1.82, 2.24) is 9.78 Å². The molecule has 1 rings (SSSR count). The van der Waals surface area contributed by atoms with E-state index < -0.39 is 0 Å². The maximum absolute atomic E-state index is 5.45. The third kappa shape index (κ3) is 2.83. The summed E-state index contributed by atoms with van der Waals surface area (Å²) >= 11 is 5.45. The van der Waals surface area contributed by atoms with Crippen LogP contribution in [-0.4, -0.2) is 28.9 Å². The monoisotopic (exact) mass is 188 g/mol. The Labute approximate surface area is 77.3 Å². The van der Waals surface area contributed by atoms with Crippen LogP contribution in [0, 0.1) is 6.92 Å². The number of alkyl halides is 1. The van der Waals surface area contributed by atoms with Crippen LogP contribution in [0.5, 0.6) is 0 Å². The lowest BCUT2D eigenvalue weighted by Gasteiger charge is -2.03. The molecule has 0 bridgehead atoms. The fourth-order valence-electron chi connectivity index (χ4n) is 0.941. The molecule has 0 unspecified atom stereocenters. The molecular weight excluding hydrogens is 176 g/mol. The third-order valence-corrected chi connectivity index (χ3v) is 1.75. The van der Waals surface area contributed by atoms with Gasteiger partial charge in [0.2, 0.25) is 0 Å². The Morgan fingerprint density at radius 1 is 1.58 bits per heavy atom. The van der Waals surface area contributed by atoms with Crippen molar-refractivity contribution >= 4 is 11.6 Å². The second-order valence-corrected chi connectivity index (χ2v) is 2.88. The van der Waals surface area contributed by atoms with Crippen LogP contribution in [0.3, 0.4) is 0 Å². The van der Waals surface area contributed by atoms with Crippen molar-refractivity contribution in [2.24, 2.45) is 0 Å². The average molecular weight is 189 g/mol. The van der Waals surface area contributed by atoms with Crippen molar-refractivity contribution in [2.75, 3.05) is 19.1 Å². The van der Waals surface area contributed by atoms with Crippen LogP contribution in [0.2, 0.25) is 0 Å².